The smallest absolute Gasteiger partial charge is 0.236 e. The lowest BCUT2D eigenvalue weighted by molar-refractivity contribution is -0.116. The maximum absolute atomic E-state index is 11.1. The zero-order valence-corrected chi connectivity index (χ0v) is 11.2. The Morgan fingerprint density at radius 3 is 2.78 bits per heavy atom. The van der Waals surface area contributed by atoms with Crippen LogP contribution in [0.2, 0.25) is 0 Å². The fourth-order valence-electron chi connectivity index (χ4n) is 1.66. The van der Waals surface area contributed by atoms with Gasteiger partial charge >= 0.3 is 0 Å². The SMILES string of the molecule is CCCCN(CC(N)=O)c1cccnc1C(N)=S. The molecule has 0 saturated heterocycles. The second kappa shape index (κ2) is 6.90. The number of hydrogen-bond acceptors (Lipinski definition) is 4. The fraction of sp³-hybridized carbons (Fsp3) is 0.417. The molecule has 1 heterocycles. The van der Waals surface area contributed by atoms with Gasteiger partial charge in [-0.2, -0.15) is 0 Å². The number of aromatic nitrogens is 1. The molecule has 0 saturated carbocycles. The van der Waals surface area contributed by atoms with Gasteiger partial charge in [-0.05, 0) is 18.6 Å². The molecule has 0 bridgehead atoms. The van der Waals surface area contributed by atoms with Gasteiger partial charge < -0.3 is 16.4 Å². The van der Waals surface area contributed by atoms with Crippen LogP contribution in [0, 0.1) is 0 Å². The predicted molar refractivity (Wildman–Crippen MR) is 76.4 cm³/mol. The molecule has 6 heteroatoms. The van der Waals surface area contributed by atoms with E-state index in [0.29, 0.717) is 5.69 Å². The van der Waals surface area contributed by atoms with E-state index in [9.17, 15) is 4.79 Å². The first-order chi connectivity index (χ1) is 8.56. The second-order valence-electron chi connectivity index (χ2n) is 3.98. The van der Waals surface area contributed by atoms with Crippen molar-refractivity contribution in [2.45, 2.75) is 19.8 Å². The van der Waals surface area contributed by atoms with Crippen LogP contribution in [0.25, 0.3) is 0 Å². The Labute approximate surface area is 112 Å². The summed E-state index contributed by atoms with van der Waals surface area (Å²) in [5, 5.41) is 0. The molecule has 98 valence electrons. The molecule has 0 aromatic carbocycles. The summed E-state index contributed by atoms with van der Waals surface area (Å²) in [7, 11) is 0. The number of hydrogen-bond donors (Lipinski definition) is 2. The number of carbonyl (C=O) groups is 1. The monoisotopic (exact) mass is 266 g/mol. The van der Waals surface area contributed by atoms with E-state index < -0.39 is 0 Å². The topological polar surface area (TPSA) is 85.2 Å². The van der Waals surface area contributed by atoms with E-state index in [1.54, 1.807) is 12.3 Å². The Morgan fingerprint density at radius 1 is 1.50 bits per heavy atom. The van der Waals surface area contributed by atoms with Crippen LogP contribution >= 0.6 is 12.2 Å². The Bertz CT molecular complexity index is 436. The van der Waals surface area contributed by atoms with E-state index in [1.807, 2.05) is 11.0 Å². The molecule has 0 aliphatic rings. The zero-order chi connectivity index (χ0) is 13.5. The van der Waals surface area contributed by atoms with Crippen LogP contribution in [0.15, 0.2) is 18.3 Å². The summed E-state index contributed by atoms with van der Waals surface area (Å²) in [5.41, 5.74) is 12.2. The Hall–Kier alpha value is -1.69. The van der Waals surface area contributed by atoms with Gasteiger partial charge in [0.05, 0.1) is 12.2 Å². The lowest BCUT2D eigenvalue weighted by atomic mass is 10.2. The third kappa shape index (κ3) is 3.96. The number of nitrogens with zero attached hydrogens (tertiary/aromatic N) is 2. The third-order valence-corrected chi connectivity index (χ3v) is 2.68. The van der Waals surface area contributed by atoms with Crippen molar-refractivity contribution < 1.29 is 4.79 Å². The van der Waals surface area contributed by atoms with Gasteiger partial charge in [-0.25, -0.2) is 0 Å². The lowest BCUT2D eigenvalue weighted by Gasteiger charge is -2.24. The van der Waals surface area contributed by atoms with Crippen LogP contribution in [-0.2, 0) is 4.79 Å². The van der Waals surface area contributed by atoms with Gasteiger partial charge in [-0.1, -0.05) is 25.6 Å². The summed E-state index contributed by atoms with van der Waals surface area (Å²) in [6.07, 6.45) is 3.61. The number of amides is 1. The van der Waals surface area contributed by atoms with Gasteiger partial charge in [0.1, 0.15) is 10.7 Å². The van der Waals surface area contributed by atoms with Crippen LogP contribution in [0.5, 0.6) is 0 Å². The van der Waals surface area contributed by atoms with Crippen LogP contribution in [0.3, 0.4) is 0 Å². The molecule has 0 aliphatic heterocycles. The molecule has 0 aliphatic carbocycles. The molecule has 1 amide bonds. The first-order valence-electron chi connectivity index (χ1n) is 5.84. The minimum absolute atomic E-state index is 0.140. The van der Waals surface area contributed by atoms with Gasteiger partial charge in [0.2, 0.25) is 5.91 Å². The fourth-order valence-corrected chi connectivity index (χ4v) is 1.82. The van der Waals surface area contributed by atoms with E-state index in [2.05, 4.69) is 11.9 Å². The number of nitrogens with two attached hydrogens (primary N) is 2. The average Bonchev–Trinajstić information content (AvgIpc) is 2.34. The van der Waals surface area contributed by atoms with E-state index >= 15 is 0 Å². The number of primary amides is 1. The standard InChI is InChI=1S/C12H18N4OS/c1-2-3-7-16(8-10(13)17)9-5-4-6-15-11(9)12(14)18/h4-6H,2-3,7-8H2,1H3,(H2,13,17)(H2,14,18). The molecule has 0 unspecified atom stereocenters. The molecular weight excluding hydrogens is 248 g/mol. The van der Waals surface area contributed by atoms with Crippen LogP contribution in [0.4, 0.5) is 5.69 Å². The van der Waals surface area contributed by atoms with Crippen LogP contribution < -0.4 is 16.4 Å². The maximum Gasteiger partial charge on any atom is 0.236 e. The number of rotatable bonds is 7. The van der Waals surface area contributed by atoms with E-state index in [0.717, 1.165) is 25.1 Å². The van der Waals surface area contributed by atoms with Crippen molar-refractivity contribution in [3.8, 4) is 0 Å². The first kappa shape index (κ1) is 14.4. The highest BCUT2D eigenvalue weighted by Crippen LogP contribution is 2.18. The first-order valence-corrected chi connectivity index (χ1v) is 6.25. The highest BCUT2D eigenvalue weighted by Gasteiger charge is 2.15. The number of thiocarbonyl (C=S) groups is 1. The van der Waals surface area contributed by atoms with Gasteiger partial charge in [0.15, 0.2) is 0 Å². The average molecular weight is 266 g/mol. The van der Waals surface area contributed by atoms with Crippen molar-refractivity contribution in [3.05, 3.63) is 24.0 Å². The lowest BCUT2D eigenvalue weighted by Crippen LogP contribution is -2.36. The summed E-state index contributed by atoms with van der Waals surface area (Å²) in [5.74, 6) is -0.385. The van der Waals surface area contributed by atoms with Crippen molar-refractivity contribution in [1.29, 1.82) is 0 Å². The highest BCUT2D eigenvalue weighted by atomic mass is 32.1. The van der Waals surface area contributed by atoms with Crippen molar-refractivity contribution in [1.82, 2.24) is 4.98 Å². The van der Waals surface area contributed by atoms with Crippen molar-refractivity contribution >= 4 is 28.8 Å². The number of unbranched alkanes of at least 4 members (excludes halogenated alkanes) is 1. The minimum atomic E-state index is -0.385. The number of pyridine rings is 1. The maximum atomic E-state index is 11.1. The highest BCUT2D eigenvalue weighted by molar-refractivity contribution is 7.80. The molecule has 18 heavy (non-hydrogen) atoms. The summed E-state index contributed by atoms with van der Waals surface area (Å²) in [6, 6.07) is 3.64. The van der Waals surface area contributed by atoms with E-state index in [1.165, 1.54) is 0 Å². The molecule has 5 nitrogen and oxygen atoms in total. The minimum Gasteiger partial charge on any atom is -0.388 e. The Balaban J connectivity index is 3.03. The van der Waals surface area contributed by atoms with Crippen LogP contribution in [0.1, 0.15) is 25.5 Å². The third-order valence-electron chi connectivity index (χ3n) is 2.49. The summed E-state index contributed by atoms with van der Waals surface area (Å²) < 4.78 is 0. The summed E-state index contributed by atoms with van der Waals surface area (Å²) >= 11 is 4.97. The Kier molecular flexibility index (Phi) is 5.51. The van der Waals surface area contributed by atoms with Gasteiger partial charge in [0.25, 0.3) is 0 Å². The van der Waals surface area contributed by atoms with Gasteiger partial charge in [0, 0.05) is 12.7 Å². The molecule has 0 atom stereocenters. The molecule has 0 radical (unpaired) electrons. The largest absolute Gasteiger partial charge is 0.388 e. The molecule has 1 aromatic rings. The Morgan fingerprint density at radius 2 is 2.22 bits per heavy atom. The van der Waals surface area contributed by atoms with Gasteiger partial charge in [-0.3, -0.25) is 9.78 Å². The molecule has 0 fully saturated rings. The molecule has 4 N–H and O–H groups in total. The molecule has 0 spiro atoms. The second-order valence-corrected chi connectivity index (χ2v) is 4.42. The summed E-state index contributed by atoms with van der Waals surface area (Å²) in [6.45, 7) is 2.95. The number of carbonyl (C=O) groups excluding carboxylic acids is 1. The van der Waals surface area contributed by atoms with E-state index in [-0.39, 0.29) is 17.4 Å². The number of anilines is 1. The summed E-state index contributed by atoms with van der Waals surface area (Å²) in [4.78, 5) is 17.4. The van der Waals surface area contributed by atoms with Crippen molar-refractivity contribution in [2.24, 2.45) is 11.5 Å². The molecule has 1 rings (SSSR count). The quantitative estimate of drug-likeness (QED) is 0.713. The zero-order valence-electron chi connectivity index (χ0n) is 10.4. The predicted octanol–water partition coefficient (Wildman–Crippen LogP) is 0.808. The van der Waals surface area contributed by atoms with Crippen LogP contribution in [-0.4, -0.2) is 29.0 Å². The molecule has 1 aromatic heterocycles. The normalized spacial score (nSPS) is 10.1. The van der Waals surface area contributed by atoms with Crippen molar-refractivity contribution in [3.63, 3.8) is 0 Å². The van der Waals surface area contributed by atoms with E-state index in [4.69, 9.17) is 23.7 Å². The molecular formula is C12H18N4OS. The van der Waals surface area contributed by atoms with Crippen molar-refractivity contribution in [2.75, 3.05) is 18.0 Å². The van der Waals surface area contributed by atoms with Gasteiger partial charge in [-0.15, -0.1) is 0 Å².